The third-order valence-electron chi connectivity index (χ3n) is 3.34. The van der Waals surface area contributed by atoms with E-state index in [1.165, 1.54) is 12.1 Å². The number of carbonyl (C=O) groups is 2. The second kappa shape index (κ2) is 6.32. The highest BCUT2D eigenvalue weighted by Gasteiger charge is 2.34. The van der Waals surface area contributed by atoms with E-state index in [0.29, 0.717) is 12.8 Å². The van der Waals surface area contributed by atoms with Crippen LogP contribution in [0.3, 0.4) is 0 Å². The lowest BCUT2D eigenvalue weighted by molar-refractivity contribution is -0.146. The molecule has 0 aliphatic heterocycles. The summed E-state index contributed by atoms with van der Waals surface area (Å²) in [6.07, 6.45) is 4.69. The Morgan fingerprint density at radius 2 is 1.95 bits per heavy atom. The van der Waals surface area contributed by atoms with Gasteiger partial charge in [-0.15, -0.1) is 0 Å². The maximum Gasteiger partial charge on any atom is 0.306 e. The molecule has 0 bridgehead atoms. The third kappa shape index (κ3) is 3.91. The van der Waals surface area contributed by atoms with Gasteiger partial charge in [0.15, 0.2) is 0 Å². The van der Waals surface area contributed by atoms with E-state index in [4.69, 9.17) is 5.11 Å². The molecule has 20 heavy (non-hydrogen) atoms. The van der Waals surface area contributed by atoms with E-state index in [9.17, 15) is 14.0 Å². The number of carboxylic acids is 1. The molecule has 2 N–H and O–H groups in total. The lowest BCUT2D eigenvalue weighted by Gasteiger charge is -2.32. The summed E-state index contributed by atoms with van der Waals surface area (Å²) in [6, 6.07) is 5.96. The molecule has 1 aliphatic carbocycles. The smallest absolute Gasteiger partial charge is 0.306 e. The molecular weight excluding hydrogens is 261 g/mol. The number of hydrogen-bond donors (Lipinski definition) is 2. The highest BCUT2D eigenvalue weighted by Crippen LogP contribution is 2.27. The molecule has 0 unspecified atom stereocenters. The quantitative estimate of drug-likeness (QED) is 0.867. The minimum absolute atomic E-state index is 0.0252. The van der Waals surface area contributed by atoms with Gasteiger partial charge in [-0.25, -0.2) is 4.39 Å². The molecule has 1 amide bonds. The number of carboxylic acid groups (broad SMARTS) is 1. The molecular formula is C15H16FNO3. The van der Waals surface area contributed by atoms with Crippen molar-refractivity contribution in [2.24, 2.45) is 5.92 Å². The van der Waals surface area contributed by atoms with Gasteiger partial charge in [-0.2, -0.15) is 0 Å². The van der Waals surface area contributed by atoms with Crippen LogP contribution in [-0.2, 0) is 9.59 Å². The van der Waals surface area contributed by atoms with Gasteiger partial charge in [0.2, 0.25) is 5.91 Å². The van der Waals surface area contributed by atoms with Crippen LogP contribution in [0.5, 0.6) is 0 Å². The van der Waals surface area contributed by atoms with Crippen LogP contribution < -0.4 is 5.32 Å². The van der Waals surface area contributed by atoms with Crippen LogP contribution >= 0.6 is 0 Å². The standard InChI is InChI=1S/C15H16FNO3/c16-12-6-4-10(5-7-12)2-1-3-14(18)17-13-8-11(9-13)15(19)20/h1-2,4-7,11,13H,3,8-9H2,(H,17,18)(H,19,20)/b2-1+/t11-,13+. The second-order valence-corrected chi connectivity index (χ2v) is 4.93. The van der Waals surface area contributed by atoms with Gasteiger partial charge in [0, 0.05) is 12.5 Å². The molecule has 1 aromatic rings. The van der Waals surface area contributed by atoms with Gasteiger partial charge in [0.05, 0.1) is 5.92 Å². The first-order valence-corrected chi connectivity index (χ1v) is 6.49. The van der Waals surface area contributed by atoms with E-state index < -0.39 is 5.97 Å². The normalized spacial score (nSPS) is 21.4. The predicted octanol–water partition coefficient (Wildman–Crippen LogP) is 2.21. The SMILES string of the molecule is O=C(C/C=C/c1ccc(F)cc1)N[C@H]1C[C@@H](C(=O)O)C1. The summed E-state index contributed by atoms with van der Waals surface area (Å²) in [4.78, 5) is 22.2. The summed E-state index contributed by atoms with van der Waals surface area (Å²) >= 11 is 0. The average molecular weight is 277 g/mol. The first-order chi connectivity index (χ1) is 9.54. The van der Waals surface area contributed by atoms with Crippen molar-refractivity contribution in [1.29, 1.82) is 0 Å². The van der Waals surface area contributed by atoms with Gasteiger partial charge in [0.1, 0.15) is 5.82 Å². The fourth-order valence-electron chi connectivity index (χ4n) is 2.10. The largest absolute Gasteiger partial charge is 0.481 e. The number of amides is 1. The molecule has 1 saturated carbocycles. The van der Waals surface area contributed by atoms with Gasteiger partial charge in [-0.05, 0) is 30.5 Å². The van der Waals surface area contributed by atoms with Crippen LogP contribution in [0.25, 0.3) is 6.08 Å². The number of rotatable bonds is 5. The summed E-state index contributed by atoms with van der Waals surface area (Å²) in [5, 5.41) is 11.5. The molecule has 0 atom stereocenters. The van der Waals surface area contributed by atoms with Crippen LogP contribution in [0.1, 0.15) is 24.8 Å². The van der Waals surface area contributed by atoms with Gasteiger partial charge in [-0.3, -0.25) is 9.59 Å². The van der Waals surface area contributed by atoms with Gasteiger partial charge >= 0.3 is 5.97 Å². The Bertz CT molecular complexity index is 518. The van der Waals surface area contributed by atoms with E-state index in [2.05, 4.69) is 5.32 Å². The minimum atomic E-state index is -0.799. The van der Waals surface area contributed by atoms with Crippen molar-refractivity contribution in [2.75, 3.05) is 0 Å². The maximum atomic E-state index is 12.7. The number of halogens is 1. The van der Waals surface area contributed by atoms with Gasteiger partial charge in [-0.1, -0.05) is 24.3 Å². The van der Waals surface area contributed by atoms with E-state index in [-0.39, 0.29) is 30.1 Å². The van der Waals surface area contributed by atoms with Gasteiger partial charge < -0.3 is 10.4 Å². The van der Waals surface area contributed by atoms with Crippen molar-refractivity contribution in [3.63, 3.8) is 0 Å². The molecule has 1 fully saturated rings. The number of hydrogen-bond acceptors (Lipinski definition) is 2. The van der Waals surface area contributed by atoms with Crippen molar-refractivity contribution in [2.45, 2.75) is 25.3 Å². The lowest BCUT2D eigenvalue weighted by Crippen LogP contribution is -2.46. The van der Waals surface area contributed by atoms with Crippen molar-refractivity contribution in [3.05, 3.63) is 41.7 Å². The summed E-state index contributed by atoms with van der Waals surface area (Å²) in [6.45, 7) is 0. The Labute approximate surface area is 116 Å². The fraction of sp³-hybridized carbons (Fsp3) is 0.333. The molecule has 2 rings (SSSR count). The highest BCUT2D eigenvalue weighted by molar-refractivity contribution is 5.79. The summed E-state index contributed by atoms with van der Waals surface area (Å²) in [7, 11) is 0. The Hall–Kier alpha value is -2.17. The minimum Gasteiger partial charge on any atom is -0.481 e. The molecule has 5 heteroatoms. The van der Waals surface area contributed by atoms with Crippen LogP contribution in [0.15, 0.2) is 30.3 Å². The van der Waals surface area contributed by atoms with Crippen LogP contribution in [0, 0.1) is 11.7 Å². The molecule has 0 heterocycles. The number of aliphatic carboxylic acids is 1. The Morgan fingerprint density at radius 3 is 2.55 bits per heavy atom. The first kappa shape index (κ1) is 14.2. The summed E-state index contributed by atoms with van der Waals surface area (Å²) in [5.41, 5.74) is 0.828. The van der Waals surface area contributed by atoms with Crippen molar-refractivity contribution >= 4 is 18.0 Å². The average Bonchev–Trinajstić information content (AvgIpc) is 2.35. The molecule has 0 aromatic heterocycles. The molecule has 0 radical (unpaired) electrons. The maximum absolute atomic E-state index is 12.7. The molecule has 4 nitrogen and oxygen atoms in total. The molecule has 0 saturated heterocycles. The Balaban J connectivity index is 1.70. The molecule has 106 valence electrons. The number of benzene rings is 1. The highest BCUT2D eigenvalue weighted by atomic mass is 19.1. The lowest BCUT2D eigenvalue weighted by atomic mass is 9.80. The second-order valence-electron chi connectivity index (χ2n) is 4.93. The van der Waals surface area contributed by atoms with Crippen LogP contribution in [0.2, 0.25) is 0 Å². The van der Waals surface area contributed by atoms with E-state index in [0.717, 1.165) is 5.56 Å². The predicted molar refractivity (Wildman–Crippen MR) is 72.3 cm³/mol. The zero-order valence-electron chi connectivity index (χ0n) is 10.9. The van der Waals surface area contributed by atoms with E-state index >= 15 is 0 Å². The zero-order chi connectivity index (χ0) is 14.5. The van der Waals surface area contributed by atoms with Crippen molar-refractivity contribution in [3.8, 4) is 0 Å². The topological polar surface area (TPSA) is 66.4 Å². The number of carbonyl (C=O) groups excluding carboxylic acids is 1. The van der Waals surface area contributed by atoms with Crippen molar-refractivity contribution in [1.82, 2.24) is 5.32 Å². The fourth-order valence-corrected chi connectivity index (χ4v) is 2.10. The molecule has 1 aliphatic rings. The molecule has 1 aromatic carbocycles. The zero-order valence-corrected chi connectivity index (χ0v) is 10.9. The monoisotopic (exact) mass is 277 g/mol. The molecule has 0 spiro atoms. The van der Waals surface area contributed by atoms with Crippen LogP contribution in [-0.4, -0.2) is 23.0 Å². The van der Waals surface area contributed by atoms with Gasteiger partial charge in [0.25, 0.3) is 0 Å². The van der Waals surface area contributed by atoms with Crippen LogP contribution in [0.4, 0.5) is 4.39 Å². The summed E-state index contributed by atoms with van der Waals surface area (Å²) in [5.74, 6) is -1.54. The third-order valence-corrected chi connectivity index (χ3v) is 3.34. The van der Waals surface area contributed by atoms with E-state index in [1.54, 1.807) is 24.3 Å². The Kier molecular flexibility index (Phi) is 4.50. The van der Waals surface area contributed by atoms with Crippen molar-refractivity contribution < 1.29 is 19.1 Å². The first-order valence-electron chi connectivity index (χ1n) is 6.49. The van der Waals surface area contributed by atoms with E-state index in [1.807, 2.05) is 0 Å². The Morgan fingerprint density at radius 1 is 1.30 bits per heavy atom. The summed E-state index contributed by atoms with van der Waals surface area (Å²) < 4.78 is 12.7. The number of nitrogens with one attached hydrogen (secondary N) is 1.